The summed E-state index contributed by atoms with van der Waals surface area (Å²) in [6, 6.07) is 14.2. The number of aliphatic hydroxyl groups is 1. The third-order valence-electron chi connectivity index (χ3n) is 6.82. The van der Waals surface area contributed by atoms with Crippen molar-refractivity contribution < 1.29 is 27.9 Å². The highest BCUT2D eigenvalue weighted by atomic mass is 35.5. The van der Waals surface area contributed by atoms with Crippen LogP contribution < -0.4 is 4.74 Å². The summed E-state index contributed by atoms with van der Waals surface area (Å²) in [6.07, 6.45) is -1.19. The van der Waals surface area contributed by atoms with Crippen molar-refractivity contribution in [3.05, 3.63) is 64.2 Å². The van der Waals surface area contributed by atoms with Gasteiger partial charge in [0.25, 0.3) is 0 Å². The fourth-order valence-corrected chi connectivity index (χ4v) is 8.76. The minimum Gasteiger partial charge on any atom is -0.494 e. The van der Waals surface area contributed by atoms with Crippen molar-refractivity contribution >= 4 is 36.6 Å². The van der Waals surface area contributed by atoms with Crippen LogP contribution in [0.2, 0.25) is 63.9 Å². The van der Waals surface area contributed by atoms with Crippen LogP contribution in [-0.4, -0.2) is 67.7 Å². The lowest BCUT2D eigenvalue weighted by atomic mass is 9.80. The number of rotatable bonds is 12. The summed E-state index contributed by atoms with van der Waals surface area (Å²) in [5, 5.41) is 11.3. The zero-order chi connectivity index (χ0) is 30.8. The van der Waals surface area contributed by atoms with Gasteiger partial charge in [0.05, 0.1) is 13.2 Å². The van der Waals surface area contributed by atoms with E-state index in [9.17, 15) is 5.11 Å². The molecule has 41 heavy (non-hydrogen) atoms. The molecule has 1 fully saturated rings. The van der Waals surface area contributed by atoms with Gasteiger partial charge in [0.15, 0.2) is 25.0 Å². The molecule has 6 nitrogen and oxygen atoms in total. The zero-order valence-corrected chi connectivity index (χ0v) is 30.6. The molecule has 0 saturated carbocycles. The minimum absolute atomic E-state index is 0.178. The Bertz CT molecular complexity index is 1140. The summed E-state index contributed by atoms with van der Waals surface area (Å²) in [4.78, 5) is 0. The highest BCUT2D eigenvalue weighted by Crippen LogP contribution is 2.45. The fourth-order valence-electron chi connectivity index (χ4n) is 5.28. The quantitative estimate of drug-likeness (QED) is 0.242. The van der Waals surface area contributed by atoms with Gasteiger partial charge in [-0.1, -0.05) is 35.9 Å². The van der Waals surface area contributed by atoms with E-state index in [2.05, 4.69) is 84.0 Å². The molecule has 5 atom stereocenters. The van der Waals surface area contributed by atoms with Gasteiger partial charge in [-0.3, -0.25) is 0 Å². The van der Waals surface area contributed by atoms with Crippen LogP contribution in [0.5, 0.6) is 5.75 Å². The Kier molecular flexibility index (Phi) is 11.2. The van der Waals surface area contributed by atoms with E-state index < -0.39 is 55.0 Å². The van der Waals surface area contributed by atoms with Crippen LogP contribution in [-0.2, 0) is 30.0 Å². The number of hydrogen-bond donors (Lipinski definition) is 1. The summed E-state index contributed by atoms with van der Waals surface area (Å²) < 4.78 is 33.1. The average Bonchev–Trinajstić information content (AvgIpc) is 2.83. The van der Waals surface area contributed by atoms with Gasteiger partial charge in [0.2, 0.25) is 0 Å². The molecule has 10 heteroatoms. The van der Waals surface area contributed by atoms with Gasteiger partial charge in [-0.2, -0.15) is 0 Å². The number of aliphatic hydroxyl groups excluding tert-OH is 1. The van der Waals surface area contributed by atoms with Crippen LogP contribution in [0.3, 0.4) is 0 Å². The molecular weight excluding hydrogens is 588 g/mol. The lowest BCUT2D eigenvalue weighted by Gasteiger charge is -2.55. The van der Waals surface area contributed by atoms with Crippen molar-refractivity contribution in [2.45, 2.75) is 109 Å². The van der Waals surface area contributed by atoms with Crippen LogP contribution >= 0.6 is 11.6 Å². The lowest BCUT2D eigenvalue weighted by Crippen LogP contribution is -2.68. The molecule has 1 saturated heterocycles. The number of halogens is 1. The first-order valence-electron chi connectivity index (χ1n) is 14.7. The Morgan fingerprint density at radius 3 is 1.90 bits per heavy atom. The van der Waals surface area contributed by atoms with Gasteiger partial charge in [-0.05, 0) is 114 Å². The molecule has 0 radical (unpaired) electrons. The van der Waals surface area contributed by atoms with Gasteiger partial charge in [-0.15, -0.1) is 0 Å². The van der Waals surface area contributed by atoms with Gasteiger partial charge >= 0.3 is 0 Å². The van der Waals surface area contributed by atoms with E-state index in [0.29, 0.717) is 18.1 Å². The molecule has 0 aliphatic carbocycles. The van der Waals surface area contributed by atoms with Crippen molar-refractivity contribution in [2.75, 3.05) is 13.2 Å². The molecule has 1 aliphatic heterocycles. The first kappa shape index (κ1) is 34.5. The molecule has 2 aromatic carbocycles. The van der Waals surface area contributed by atoms with Gasteiger partial charge in [0.1, 0.15) is 35.8 Å². The van der Waals surface area contributed by atoms with E-state index in [1.165, 1.54) is 0 Å². The zero-order valence-electron chi connectivity index (χ0n) is 26.8. The third-order valence-corrected chi connectivity index (χ3v) is 10.1. The molecule has 0 bridgehead atoms. The predicted octanol–water partition coefficient (Wildman–Crippen LogP) is 7.60. The number of hydrogen-bond acceptors (Lipinski definition) is 6. The maximum Gasteiger partial charge on any atom is 0.184 e. The van der Waals surface area contributed by atoms with Crippen molar-refractivity contribution in [3.63, 3.8) is 0 Å². The Labute approximate surface area is 256 Å². The summed E-state index contributed by atoms with van der Waals surface area (Å²) in [6.45, 7) is 24.1. The molecule has 0 aromatic heterocycles. The van der Waals surface area contributed by atoms with Gasteiger partial charge in [0, 0.05) is 5.02 Å². The third kappa shape index (κ3) is 9.48. The Morgan fingerprint density at radius 2 is 1.39 bits per heavy atom. The standard InChI is InChI=1S/C31H51ClO6Si3/c1-12-34-25-16-13-22(14-17-25)19-23-20-24(15-18-26(23)32)31(2)30(38-41(9,10)11)29(37-40(6,7)8)28(27(21-33)35-31)36-39(3,4)5/h13-18,20,27-30,33H,12,19,21H2,1-11H3/t27-,28?,29?,30?,31?/m1/s1. The first-order chi connectivity index (χ1) is 18.8. The van der Waals surface area contributed by atoms with E-state index >= 15 is 0 Å². The van der Waals surface area contributed by atoms with Gasteiger partial charge in [-0.25, -0.2) is 0 Å². The SMILES string of the molecule is CCOc1ccc(Cc2cc(C3(C)O[C@H](CO)C(O[Si](C)(C)C)C(O[Si](C)(C)C)C3O[Si](C)(C)C)ccc2Cl)cc1. The van der Waals surface area contributed by atoms with E-state index in [0.717, 1.165) is 22.4 Å². The lowest BCUT2D eigenvalue weighted by molar-refractivity contribution is -0.261. The smallest absolute Gasteiger partial charge is 0.184 e. The molecule has 0 amide bonds. The van der Waals surface area contributed by atoms with Crippen molar-refractivity contribution in [3.8, 4) is 5.75 Å². The normalized spacial score (nSPS) is 25.8. The van der Waals surface area contributed by atoms with Crippen LogP contribution in [0.15, 0.2) is 42.5 Å². The second-order valence-corrected chi connectivity index (χ2v) is 27.8. The summed E-state index contributed by atoms with van der Waals surface area (Å²) >= 11 is 6.76. The summed E-state index contributed by atoms with van der Waals surface area (Å²) in [5.41, 5.74) is 2.16. The summed E-state index contributed by atoms with van der Waals surface area (Å²) in [5.74, 6) is 0.851. The van der Waals surface area contributed by atoms with Crippen LogP contribution in [0.1, 0.15) is 30.5 Å². The Balaban J connectivity index is 2.12. The average molecular weight is 639 g/mol. The van der Waals surface area contributed by atoms with E-state index in [-0.39, 0.29) is 6.61 Å². The maximum atomic E-state index is 10.6. The Hall–Kier alpha value is -1.02. The summed E-state index contributed by atoms with van der Waals surface area (Å²) in [7, 11) is -6.18. The van der Waals surface area contributed by atoms with E-state index in [1.54, 1.807) is 0 Å². The first-order valence-corrected chi connectivity index (χ1v) is 25.3. The maximum absolute atomic E-state index is 10.6. The highest BCUT2D eigenvalue weighted by Gasteiger charge is 2.57. The number of benzene rings is 2. The molecule has 1 N–H and O–H groups in total. The van der Waals surface area contributed by atoms with Gasteiger partial charge < -0.3 is 27.9 Å². The second kappa shape index (κ2) is 13.3. The molecule has 1 aliphatic rings. The topological polar surface area (TPSA) is 66.4 Å². The van der Waals surface area contributed by atoms with Crippen LogP contribution in [0.4, 0.5) is 0 Å². The van der Waals surface area contributed by atoms with Crippen molar-refractivity contribution in [2.24, 2.45) is 0 Å². The minimum atomic E-state index is -2.09. The molecule has 0 spiro atoms. The molecule has 230 valence electrons. The van der Waals surface area contributed by atoms with Crippen molar-refractivity contribution in [1.82, 2.24) is 0 Å². The highest BCUT2D eigenvalue weighted by molar-refractivity contribution is 6.70. The van der Waals surface area contributed by atoms with Crippen LogP contribution in [0.25, 0.3) is 0 Å². The molecule has 1 heterocycles. The van der Waals surface area contributed by atoms with E-state index in [4.69, 9.17) is 34.4 Å². The molecule has 2 aromatic rings. The van der Waals surface area contributed by atoms with Crippen molar-refractivity contribution in [1.29, 1.82) is 0 Å². The largest absolute Gasteiger partial charge is 0.494 e. The Morgan fingerprint density at radius 1 is 0.829 bits per heavy atom. The molecule has 4 unspecified atom stereocenters. The predicted molar refractivity (Wildman–Crippen MR) is 176 cm³/mol. The molecule has 3 rings (SSSR count). The fraction of sp³-hybridized carbons (Fsp3) is 0.613. The number of ether oxygens (including phenoxy) is 2. The second-order valence-electron chi connectivity index (χ2n) is 14.0. The van der Waals surface area contributed by atoms with E-state index in [1.807, 2.05) is 31.2 Å². The van der Waals surface area contributed by atoms with Crippen LogP contribution in [0, 0.1) is 0 Å². The monoisotopic (exact) mass is 638 g/mol. The molecular formula is C31H51ClO6Si3.